The number of anilines is 1. The van der Waals surface area contributed by atoms with Crippen LogP contribution in [0.5, 0.6) is 0 Å². The Kier molecular flexibility index (Phi) is 3.69. The molecule has 1 aromatic rings. The van der Waals surface area contributed by atoms with Crippen molar-refractivity contribution in [1.29, 1.82) is 0 Å². The third kappa shape index (κ3) is 2.84. The first-order chi connectivity index (χ1) is 6.50. The van der Waals surface area contributed by atoms with Gasteiger partial charge in [0.15, 0.2) is 5.78 Å². The molecule has 0 fully saturated rings. The van der Waals surface area contributed by atoms with E-state index in [1.165, 1.54) is 0 Å². The lowest BCUT2D eigenvalue weighted by atomic mass is 10.0. The summed E-state index contributed by atoms with van der Waals surface area (Å²) in [5.41, 5.74) is 6.93. The first-order valence-electron chi connectivity index (χ1n) is 4.59. The molecule has 1 rings (SSSR count). The zero-order valence-corrected chi connectivity index (χ0v) is 9.97. The number of ketones is 1. The Morgan fingerprint density at radius 3 is 2.71 bits per heavy atom. The molecule has 0 aromatic heterocycles. The zero-order chi connectivity index (χ0) is 10.7. The van der Waals surface area contributed by atoms with E-state index in [2.05, 4.69) is 15.9 Å². The van der Waals surface area contributed by atoms with Crippen LogP contribution in [0.3, 0.4) is 0 Å². The molecule has 76 valence electrons. The minimum atomic E-state index is 0.138. The molecule has 0 radical (unpaired) electrons. The molecule has 0 aliphatic rings. The highest BCUT2D eigenvalue weighted by molar-refractivity contribution is 9.10. The summed E-state index contributed by atoms with van der Waals surface area (Å²) in [5, 5.41) is 0. The summed E-state index contributed by atoms with van der Waals surface area (Å²) >= 11 is 3.34. The van der Waals surface area contributed by atoms with Crippen LogP contribution in [0, 0.1) is 5.92 Å². The van der Waals surface area contributed by atoms with Gasteiger partial charge in [0.25, 0.3) is 0 Å². The lowest BCUT2D eigenvalue weighted by molar-refractivity contribution is 0.0967. The Morgan fingerprint density at radius 2 is 2.14 bits per heavy atom. The predicted molar refractivity (Wildman–Crippen MR) is 62.3 cm³/mol. The summed E-state index contributed by atoms with van der Waals surface area (Å²) in [6.07, 6.45) is 0.558. The number of nitrogens with two attached hydrogens (primary N) is 1. The largest absolute Gasteiger partial charge is 0.399 e. The fraction of sp³-hybridized carbons (Fsp3) is 0.364. The van der Waals surface area contributed by atoms with Crippen molar-refractivity contribution in [2.45, 2.75) is 20.3 Å². The standard InChI is InChI=1S/C11H14BrNO/c1-7(2)5-11(14)9-6-8(13)3-4-10(9)12/h3-4,6-7H,5,13H2,1-2H3. The predicted octanol–water partition coefficient (Wildman–Crippen LogP) is 3.26. The van der Waals surface area contributed by atoms with Crippen LogP contribution in [0.2, 0.25) is 0 Å². The maximum Gasteiger partial charge on any atom is 0.164 e. The number of hydrogen-bond donors (Lipinski definition) is 1. The monoisotopic (exact) mass is 255 g/mol. The number of carbonyl (C=O) groups excluding carboxylic acids is 1. The fourth-order valence-corrected chi connectivity index (χ4v) is 1.71. The van der Waals surface area contributed by atoms with Gasteiger partial charge in [0.05, 0.1) is 0 Å². The topological polar surface area (TPSA) is 43.1 Å². The van der Waals surface area contributed by atoms with E-state index in [-0.39, 0.29) is 5.78 Å². The molecule has 14 heavy (non-hydrogen) atoms. The molecule has 0 unspecified atom stereocenters. The highest BCUT2D eigenvalue weighted by Crippen LogP contribution is 2.22. The Balaban J connectivity index is 2.94. The number of rotatable bonds is 3. The molecule has 1 aromatic carbocycles. The van der Waals surface area contributed by atoms with Gasteiger partial charge >= 0.3 is 0 Å². The lowest BCUT2D eigenvalue weighted by Crippen LogP contribution is -2.05. The number of Topliss-reactive ketones (excluding diaryl/α,β-unsaturated/α-hetero) is 1. The molecule has 3 heteroatoms. The normalized spacial score (nSPS) is 10.6. The molecule has 0 saturated heterocycles. The number of halogens is 1. The van der Waals surface area contributed by atoms with Crippen molar-refractivity contribution >= 4 is 27.4 Å². The molecule has 0 aliphatic carbocycles. The van der Waals surface area contributed by atoms with Crippen LogP contribution in [0.15, 0.2) is 22.7 Å². The zero-order valence-electron chi connectivity index (χ0n) is 8.38. The van der Waals surface area contributed by atoms with Crippen molar-refractivity contribution in [2.75, 3.05) is 5.73 Å². The van der Waals surface area contributed by atoms with Gasteiger partial charge in [-0.2, -0.15) is 0 Å². The van der Waals surface area contributed by atoms with Crippen LogP contribution >= 0.6 is 15.9 Å². The smallest absolute Gasteiger partial charge is 0.164 e. The van der Waals surface area contributed by atoms with E-state index in [4.69, 9.17) is 5.73 Å². The molecule has 0 aliphatic heterocycles. The quantitative estimate of drug-likeness (QED) is 0.666. The van der Waals surface area contributed by atoms with Gasteiger partial charge in [-0.15, -0.1) is 0 Å². The molecule has 0 bridgehead atoms. The first-order valence-corrected chi connectivity index (χ1v) is 5.38. The number of carbonyl (C=O) groups is 1. The molecular formula is C11H14BrNO. The van der Waals surface area contributed by atoms with E-state index in [0.717, 1.165) is 4.47 Å². The average molecular weight is 256 g/mol. The maximum absolute atomic E-state index is 11.7. The Morgan fingerprint density at radius 1 is 1.50 bits per heavy atom. The van der Waals surface area contributed by atoms with E-state index in [1.54, 1.807) is 12.1 Å². The number of hydrogen-bond acceptors (Lipinski definition) is 2. The summed E-state index contributed by atoms with van der Waals surface area (Å²) in [4.78, 5) is 11.7. The Hall–Kier alpha value is -0.830. The second-order valence-electron chi connectivity index (χ2n) is 3.76. The van der Waals surface area contributed by atoms with Crippen molar-refractivity contribution in [3.05, 3.63) is 28.2 Å². The summed E-state index contributed by atoms with van der Waals surface area (Å²) in [6.45, 7) is 4.05. The van der Waals surface area contributed by atoms with Crippen LogP contribution in [0.25, 0.3) is 0 Å². The van der Waals surface area contributed by atoms with E-state index >= 15 is 0 Å². The van der Waals surface area contributed by atoms with Crippen molar-refractivity contribution in [2.24, 2.45) is 5.92 Å². The third-order valence-corrected chi connectivity index (χ3v) is 2.58. The van der Waals surface area contributed by atoms with Crippen molar-refractivity contribution in [3.8, 4) is 0 Å². The molecule has 0 heterocycles. The maximum atomic E-state index is 11.7. The molecule has 0 spiro atoms. The SMILES string of the molecule is CC(C)CC(=O)c1cc(N)ccc1Br. The van der Waals surface area contributed by atoms with Crippen LogP contribution in [-0.4, -0.2) is 5.78 Å². The average Bonchev–Trinajstić information content (AvgIpc) is 2.08. The first kappa shape index (κ1) is 11.2. The summed E-state index contributed by atoms with van der Waals surface area (Å²) in [5.74, 6) is 0.509. The highest BCUT2D eigenvalue weighted by atomic mass is 79.9. The number of benzene rings is 1. The summed E-state index contributed by atoms with van der Waals surface area (Å²) < 4.78 is 0.817. The highest BCUT2D eigenvalue weighted by Gasteiger charge is 2.11. The molecular weight excluding hydrogens is 242 g/mol. The van der Waals surface area contributed by atoms with Crippen molar-refractivity contribution in [1.82, 2.24) is 0 Å². The van der Waals surface area contributed by atoms with E-state index in [9.17, 15) is 4.79 Å². The second kappa shape index (κ2) is 4.60. The van der Waals surface area contributed by atoms with Gasteiger partial charge in [0.2, 0.25) is 0 Å². The molecule has 2 nitrogen and oxygen atoms in total. The molecule has 0 saturated carbocycles. The molecule has 2 N–H and O–H groups in total. The minimum Gasteiger partial charge on any atom is -0.399 e. The van der Waals surface area contributed by atoms with Crippen molar-refractivity contribution < 1.29 is 4.79 Å². The Labute approximate surface area is 92.6 Å². The lowest BCUT2D eigenvalue weighted by Gasteiger charge is -2.06. The van der Waals surface area contributed by atoms with E-state index in [0.29, 0.717) is 23.6 Å². The van der Waals surface area contributed by atoms with Crippen LogP contribution in [0.1, 0.15) is 30.6 Å². The third-order valence-electron chi connectivity index (χ3n) is 1.88. The number of nitrogen functional groups attached to an aromatic ring is 1. The van der Waals surface area contributed by atoms with E-state index < -0.39 is 0 Å². The van der Waals surface area contributed by atoms with Crippen LogP contribution in [0.4, 0.5) is 5.69 Å². The van der Waals surface area contributed by atoms with Gasteiger partial charge in [-0.25, -0.2) is 0 Å². The molecule has 0 amide bonds. The van der Waals surface area contributed by atoms with E-state index in [1.807, 2.05) is 19.9 Å². The second-order valence-corrected chi connectivity index (χ2v) is 4.61. The van der Waals surface area contributed by atoms with Gasteiger partial charge in [-0.1, -0.05) is 29.8 Å². The van der Waals surface area contributed by atoms with Crippen LogP contribution < -0.4 is 5.73 Å². The molecule has 0 atom stereocenters. The van der Waals surface area contributed by atoms with Gasteiger partial charge < -0.3 is 5.73 Å². The van der Waals surface area contributed by atoms with Crippen molar-refractivity contribution in [3.63, 3.8) is 0 Å². The summed E-state index contributed by atoms with van der Waals surface area (Å²) in [6, 6.07) is 5.30. The Bertz CT molecular complexity index is 347. The van der Waals surface area contributed by atoms with Crippen LogP contribution in [-0.2, 0) is 0 Å². The fourth-order valence-electron chi connectivity index (χ4n) is 1.24. The van der Waals surface area contributed by atoms with Gasteiger partial charge in [-0.3, -0.25) is 4.79 Å². The summed E-state index contributed by atoms with van der Waals surface area (Å²) in [7, 11) is 0. The van der Waals surface area contributed by atoms with Gasteiger partial charge in [-0.05, 0) is 24.1 Å². The van der Waals surface area contributed by atoms with Gasteiger partial charge in [0, 0.05) is 22.1 Å². The minimum absolute atomic E-state index is 0.138. The van der Waals surface area contributed by atoms with Gasteiger partial charge in [0.1, 0.15) is 0 Å².